The molecule has 2 aromatic heterocycles. The van der Waals surface area contributed by atoms with Gasteiger partial charge in [0, 0.05) is 11.4 Å². The number of hydrogen-bond acceptors (Lipinski definition) is 5. The quantitative estimate of drug-likeness (QED) is 0.910. The summed E-state index contributed by atoms with van der Waals surface area (Å²) < 4.78 is 2.95. The van der Waals surface area contributed by atoms with Crippen molar-refractivity contribution in [3.8, 4) is 0 Å². The van der Waals surface area contributed by atoms with Gasteiger partial charge in [-0.1, -0.05) is 6.92 Å². The van der Waals surface area contributed by atoms with Crippen LogP contribution in [-0.2, 0) is 11.3 Å². The lowest BCUT2D eigenvalue weighted by Gasteiger charge is -2.27. The molecule has 0 aromatic carbocycles. The van der Waals surface area contributed by atoms with Gasteiger partial charge in [-0.15, -0.1) is 23.1 Å². The number of carbonyl (C=O) groups excluding carboxylic acids is 1. The highest BCUT2D eigenvalue weighted by Crippen LogP contribution is 2.44. The molecule has 1 aliphatic heterocycles. The number of primary amides is 1. The number of amides is 1. The summed E-state index contributed by atoms with van der Waals surface area (Å²) in [4.78, 5) is 10.9. The lowest BCUT2D eigenvalue weighted by Crippen LogP contribution is -2.19. The Balaban J connectivity index is 1.75. The van der Waals surface area contributed by atoms with Crippen LogP contribution >= 0.6 is 23.1 Å². The zero-order valence-corrected chi connectivity index (χ0v) is 12.7. The van der Waals surface area contributed by atoms with Crippen LogP contribution in [-0.4, -0.2) is 20.9 Å². The number of rotatable bonds is 4. The predicted molar refractivity (Wildman–Crippen MR) is 82.0 cm³/mol. The highest BCUT2D eigenvalue weighted by atomic mass is 32.2. The van der Waals surface area contributed by atoms with Gasteiger partial charge in [0.15, 0.2) is 0 Å². The van der Waals surface area contributed by atoms with E-state index < -0.39 is 0 Å². The van der Waals surface area contributed by atoms with Crippen molar-refractivity contribution >= 4 is 34.7 Å². The van der Waals surface area contributed by atoms with Gasteiger partial charge in [-0.2, -0.15) is 5.10 Å². The molecule has 106 valence electrons. The first-order valence-electron chi connectivity index (χ1n) is 6.43. The fourth-order valence-electron chi connectivity index (χ4n) is 2.37. The topological polar surface area (TPSA) is 72.9 Å². The van der Waals surface area contributed by atoms with Crippen molar-refractivity contribution in [1.29, 1.82) is 0 Å². The molecule has 3 heterocycles. The van der Waals surface area contributed by atoms with Crippen molar-refractivity contribution in [3.05, 3.63) is 29.4 Å². The molecule has 3 N–H and O–H groups in total. The highest BCUT2D eigenvalue weighted by Gasteiger charge is 2.26. The van der Waals surface area contributed by atoms with Crippen LogP contribution in [0.1, 0.15) is 24.9 Å². The second-order valence-electron chi connectivity index (χ2n) is 4.92. The number of nitrogens with zero attached hydrogens (tertiary/aromatic N) is 2. The minimum absolute atomic E-state index is 0.113. The zero-order valence-electron chi connectivity index (χ0n) is 11.1. The van der Waals surface area contributed by atoms with E-state index in [0.29, 0.717) is 11.3 Å². The Kier molecular flexibility index (Phi) is 3.71. The van der Waals surface area contributed by atoms with Gasteiger partial charge >= 0.3 is 0 Å². The molecule has 0 spiro atoms. The zero-order chi connectivity index (χ0) is 14.1. The van der Waals surface area contributed by atoms with Gasteiger partial charge in [-0.05, 0) is 23.4 Å². The summed E-state index contributed by atoms with van der Waals surface area (Å²) in [5, 5.41) is 10.4. The van der Waals surface area contributed by atoms with Crippen molar-refractivity contribution in [2.75, 3.05) is 5.32 Å². The number of fused-ring (bicyclic) bond motifs is 1. The second kappa shape index (κ2) is 5.49. The molecule has 2 atom stereocenters. The normalized spacial score (nSPS) is 21.4. The Morgan fingerprint density at radius 3 is 3.30 bits per heavy atom. The van der Waals surface area contributed by atoms with Gasteiger partial charge in [0.05, 0.1) is 22.1 Å². The number of aromatic nitrogens is 2. The standard InChI is InChI=1S/C13H16N4OS2/c1-8-4-11(10-2-3-19-13(10)20-8)16-9-5-15-17(6-9)7-12(14)18/h2-3,5-6,8,11,16H,4,7H2,1H3,(H2,14,18)/t8-,11?/m0/s1. The maximum atomic E-state index is 10.9. The van der Waals surface area contributed by atoms with E-state index in [1.165, 1.54) is 9.77 Å². The van der Waals surface area contributed by atoms with E-state index in [0.717, 1.165) is 12.1 Å². The molecule has 0 aliphatic carbocycles. The number of nitrogens with one attached hydrogen (secondary N) is 1. The number of nitrogens with two attached hydrogens (primary N) is 1. The largest absolute Gasteiger partial charge is 0.376 e. The molecule has 3 rings (SSSR count). The van der Waals surface area contributed by atoms with E-state index in [-0.39, 0.29) is 12.5 Å². The fourth-order valence-corrected chi connectivity index (χ4v) is 4.94. The fraction of sp³-hybridized carbons (Fsp3) is 0.385. The molecule has 0 radical (unpaired) electrons. The number of thiophene rings is 1. The molecule has 1 amide bonds. The third-order valence-corrected chi connectivity index (χ3v) is 5.55. The molecular weight excluding hydrogens is 292 g/mol. The van der Waals surface area contributed by atoms with E-state index in [4.69, 9.17) is 5.73 Å². The van der Waals surface area contributed by atoms with Crippen LogP contribution in [0.3, 0.4) is 0 Å². The average Bonchev–Trinajstić information content (AvgIpc) is 2.97. The van der Waals surface area contributed by atoms with Crippen LogP contribution in [0.2, 0.25) is 0 Å². The summed E-state index contributed by atoms with van der Waals surface area (Å²) in [5.74, 6) is -0.387. The Bertz CT molecular complexity index is 621. The Labute approximate surface area is 125 Å². The molecule has 1 aliphatic rings. The SMILES string of the molecule is C[C@H]1CC(Nc2cnn(CC(N)=O)c2)c2ccsc2S1. The van der Waals surface area contributed by atoms with Gasteiger partial charge in [-0.3, -0.25) is 9.48 Å². The Morgan fingerprint density at radius 1 is 1.65 bits per heavy atom. The number of anilines is 1. The number of carbonyl (C=O) groups is 1. The van der Waals surface area contributed by atoms with Crippen molar-refractivity contribution in [3.63, 3.8) is 0 Å². The van der Waals surface area contributed by atoms with Crippen molar-refractivity contribution in [2.24, 2.45) is 5.73 Å². The molecule has 20 heavy (non-hydrogen) atoms. The summed E-state index contributed by atoms with van der Waals surface area (Å²) >= 11 is 3.74. The van der Waals surface area contributed by atoms with Crippen molar-refractivity contribution < 1.29 is 4.79 Å². The van der Waals surface area contributed by atoms with Crippen LogP contribution in [0.15, 0.2) is 28.0 Å². The Morgan fingerprint density at radius 2 is 2.50 bits per heavy atom. The van der Waals surface area contributed by atoms with Gasteiger partial charge in [-0.25, -0.2) is 0 Å². The first-order chi connectivity index (χ1) is 9.61. The van der Waals surface area contributed by atoms with Crippen LogP contribution in [0.4, 0.5) is 5.69 Å². The van der Waals surface area contributed by atoms with E-state index >= 15 is 0 Å². The van der Waals surface area contributed by atoms with E-state index in [1.807, 2.05) is 18.0 Å². The minimum Gasteiger partial charge on any atom is -0.376 e. The molecule has 0 saturated heterocycles. The molecule has 0 saturated carbocycles. The first kappa shape index (κ1) is 13.5. The lowest BCUT2D eigenvalue weighted by molar-refractivity contribution is -0.118. The summed E-state index contributed by atoms with van der Waals surface area (Å²) in [7, 11) is 0. The van der Waals surface area contributed by atoms with Gasteiger partial charge < -0.3 is 11.1 Å². The second-order valence-corrected chi connectivity index (χ2v) is 7.54. The van der Waals surface area contributed by atoms with E-state index in [2.05, 4.69) is 28.8 Å². The van der Waals surface area contributed by atoms with Crippen molar-refractivity contribution in [1.82, 2.24) is 9.78 Å². The monoisotopic (exact) mass is 308 g/mol. The highest BCUT2D eigenvalue weighted by molar-refractivity contribution is 8.01. The Hall–Kier alpha value is -1.47. The van der Waals surface area contributed by atoms with Gasteiger partial charge in [0.1, 0.15) is 6.54 Å². The predicted octanol–water partition coefficient (Wildman–Crippen LogP) is 2.47. The van der Waals surface area contributed by atoms with Gasteiger partial charge in [0.25, 0.3) is 0 Å². The molecule has 2 aromatic rings. The maximum Gasteiger partial charge on any atom is 0.239 e. The van der Waals surface area contributed by atoms with E-state index in [9.17, 15) is 4.79 Å². The van der Waals surface area contributed by atoms with Crippen LogP contribution < -0.4 is 11.1 Å². The van der Waals surface area contributed by atoms with E-state index in [1.54, 1.807) is 22.2 Å². The van der Waals surface area contributed by atoms with Crippen molar-refractivity contribution in [2.45, 2.75) is 35.4 Å². The smallest absolute Gasteiger partial charge is 0.239 e. The molecule has 0 bridgehead atoms. The number of thioether (sulfide) groups is 1. The maximum absolute atomic E-state index is 10.9. The van der Waals surface area contributed by atoms with Crippen LogP contribution in [0.25, 0.3) is 0 Å². The molecule has 0 fully saturated rings. The summed E-state index contributed by atoms with van der Waals surface area (Å²) in [6.45, 7) is 2.36. The average molecular weight is 308 g/mol. The minimum atomic E-state index is -0.387. The molecule has 1 unspecified atom stereocenters. The lowest BCUT2D eigenvalue weighted by atomic mass is 10.0. The third kappa shape index (κ3) is 2.83. The first-order valence-corrected chi connectivity index (χ1v) is 8.19. The van der Waals surface area contributed by atoms with Crippen LogP contribution in [0, 0.1) is 0 Å². The van der Waals surface area contributed by atoms with Gasteiger partial charge in [0.2, 0.25) is 5.91 Å². The molecule has 7 heteroatoms. The summed E-state index contributed by atoms with van der Waals surface area (Å²) in [6.07, 6.45) is 4.64. The summed E-state index contributed by atoms with van der Waals surface area (Å²) in [6, 6.07) is 2.49. The molecular formula is C13H16N4OS2. The van der Waals surface area contributed by atoms with Crippen LogP contribution in [0.5, 0.6) is 0 Å². The number of hydrogen-bond donors (Lipinski definition) is 2. The summed E-state index contributed by atoms with van der Waals surface area (Å²) in [5.41, 5.74) is 7.45. The molecule has 5 nitrogen and oxygen atoms in total. The third-order valence-electron chi connectivity index (χ3n) is 3.20.